The molecule has 4 rings (SSSR count). The maximum absolute atomic E-state index is 11.7. The van der Waals surface area contributed by atoms with Crippen LogP contribution in [-0.2, 0) is 42.1 Å². The Balaban J connectivity index is 0. The van der Waals surface area contributed by atoms with Crippen LogP contribution in [-0.4, -0.2) is 26.8 Å². The minimum absolute atomic E-state index is 0. The zero-order valence-electron chi connectivity index (χ0n) is 20.3. The summed E-state index contributed by atoms with van der Waals surface area (Å²) in [6.45, 7) is 3.83. The maximum Gasteiger partial charge on any atom is 1.00 e. The summed E-state index contributed by atoms with van der Waals surface area (Å²) in [4.78, 5) is 35.1. The first-order valence-corrected chi connectivity index (χ1v) is 9.62. The number of hydrogen-bond acceptors (Lipinski definition) is 5. The van der Waals surface area contributed by atoms with Crippen molar-refractivity contribution in [2.75, 3.05) is 10.6 Å². The molecule has 0 atom stereocenters. The number of hydrogen-bond donors (Lipinski definition) is 2. The molecule has 1 aromatic carbocycles. The third kappa shape index (κ3) is 14.1. The van der Waals surface area contributed by atoms with Crippen LogP contribution in [0.1, 0.15) is 32.1 Å². The first kappa shape index (κ1) is 38.7. The van der Waals surface area contributed by atoms with Crippen LogP contribution in [0.2, 0.25) is 0 Å². The number of benzene rings is 1. The molecule has 0 saturated heterocycles. The Morgan fingerprint density at radius 1 is 0.750 bits per heavy atom. The van der Waals surface area contributed by atoms with Gasteiger partial charge in [0.1, 0.15) is 0 Å². The summed E-state index contributed by atoms with van der Waals surface area (Å²) in [6.07, 6.45) is 5.82. The molecule has 0 radical (unpaired) electrons. The first-order valence-electron chi connectivity index (χ1n) is 9.62. The van der Waals surface area contributed by atoms with Gasteiger partial charge in [-0.15, -0.1) is 29.8 Å². The monoisotopic (exact) mass is 959 g/mol. The van der Waals surface area contributed by atoms with Gasteiger partial charge in [0.15, 0.2) is 0 Å². The van der Waals surface area contributed by atoms with E-state index in [0.717, 1.165) is 11.1 Å². The van der Waals surface area contributed by atoms with E-state index in [1.807, 2.05) is 32.0 Å². The third-order valence-corrected chi connectivity index (χ3v) is 3.99. The predicted molar refractivity (Wildman–Crippen MR) is 120 cm³/mol. The van der Waals surface area contributed by atoms with Gasteiger partial charge in [0.25, 0.3) is 0 Å². The number of aromatic nitrogens is 3. The molecule has 0 saturated carbocycles. The first-order chi connectivity index (χ1) is 15.5. The topological polar surface area (TPSA) is 96.9 Å². The van der Waals surface area contributed by atoms with Gasteiger partial charge in [-0.2, -0.15) is 54.1 Å². The Morgan fingerprint density at radius 3 is 1.75 bits per heavy atom. The minimum atomic E-state index is -0.304. The molecule has 36 heavy (non-hydrogen) atoms. The van der Waals surface area contributed by atoms with Crippen molar-refractivity contribution in [2.24, 2.45) is 0 Å². The molecule has 0 aliphatic carbocycles. The molecular weight excluding hydrogens is 941 g/mol. The fourth-order valence-electron chi connectivity index (χ4n) is 2.35. The summed E-state index contributed by atoms with van der Waals surface area (Å²) in [5.41, 5.74) is 3.32. The summed E-state index contributed by atoms with van der Waals surface area (Å²) < 4.78 is 0. The predicted octanol–water partition coefficient (Wildman–Crippen LogP) is -2.12. The molecule has 3 heterocycles. The van der Waals surface area contributed by atoms with Gasteiger partial charge in [0.05, 0.1) is 0 Å². The molecule has 172 valence electrons. The number of pyridine rings is 3. The van der Waals surface area contributed by atoms with Crippen LogP contribution in [0.25, 0.3) is 0 Å². The van der Waals surface area contributed by atoms with E-state index < -0.39 is 0 Å². The van der Waals surface area contributed by atoms with Gasteiger partial charge in [0, 0.05) is 59.3 Å². The van der Waals surface area contributed by atoms with Gasteiger partial charge in [-0.3, -0.25) is 9.59 Å². The molecule has 0 fully saturated rings. The number of anilines is 2. The van der Waals surface area contributed by atoms with Gasteiger partial charge >= 0.3 is 116 Å². The van der Waals surface area contributed by atoms with Crippen LogP contribution >= 0.6 is 0 Å². The second-order valence-corrected chi connectivity index (χ2v) is 6.58. The van der Waals surface area contributed by atoms with Crippen LogP contribution in [0.3, 0.4) is 0 Å². The number of rotatable bonds is 4. The molecule has 2 N–H and O–H groups in total. The number of carbonyl (C=O) groups excluding carboxylic acids is 2. The average molecular weight is 960 g/mol. The van der Waals surface area contributed by atoms with Gasteiger partial charge in [-0.05, 0) is 0 Å². The van der Waals surface area contributed by atoms with E-state index in [0.29, 0.717) is 22.9 Å². The van der Waals surface area contributed by atoms with Crippen LogP contribution in [0.15, 0.2) is 67.0 Å². The minimum Gasteiger partial charge on any atom is -0.385 e. The second-order valence-electron chi connectivity index (χ2n) is 6.58. The quantitative estimate of drug-likeness (QED) is 0.229. The van der Waals surface area contributed by atoms with Crippen LogP contribution in [0, 0.1) is 38.2 Å². The molecule has 0 spiro atoms. The van der Waals surface area contributed by atoms with Crippen molar-refractivity contribution in [1.29, 1.82) is 0 Å². The van der Waals surface area contributed by atoms with Gasteiger partial charge in [-0.1, -0.05) is 38.1 Å². The van der Waals surface area contributed by atoms with Crippen molar-refractivity contribution < 1.29 is 168 Å². The number of nitrogens with one attached hydrogen (secondary N) is 2. The normalized spacial score (nSPS) is 8.72. The van der Waals surface area contributed by atoms with Crippen molar-refractivity contribution in [2.45, 2.75) is 13.8 Å². The Labute approximate surface area is 338 Å². The number of amides is 2. The van der Waals surface area contributed by atoms with Crippen molar-refractivity contribution in [3.05, 3.63) is 114 Å². The van der Waals surface area contributed by atoms with Gasteiger partial charge in [-0.25, -0.2) is 0 Å². The van der Waals surface area contributed by atoms with E-state index in [-0.39, 0.29) is 170 Å². The second kappa shape index (κ2) is 21.4. The molecular formula is C25H19N5O2Rb2W2-2. The number of carbonyl (C=O) groups is 2. The average Bonchev–Trinajstić information content (AvgIpc) is 2.83. The molecule has 0 unspecified atom stereocenters. The largest absolute Gasteiger partial charge is 1.00 e. The molecule has 2 amide bonds. The molecule has 7 nitrogen and oxygen atoms in total. The summed E-state index contributed by atoms with van der Waals surface area (Å²) >= 11 is 0. The van der Waals surface area contributed by atoms with E-state index in [9.17, 15) is 9.59 Å². The zero-order valence-corrected chi connectivity index (χ0v) is 36.0. The molecule has 4 aromatic rings. The summed E-state index contributed by atoms with van der Waals surface area (Å²) in [5.74, 6) is -0.0861. The Kier molecular flexibility index (Phi) is 23.1. The van der Waals surface area contributed by atoms with Crippen LogP contribution in [0.5, 0.6) is 0 Å². The standard InChI is InChI=1S/C13H10N2O.C12H9N3O.2Rb.2W/c1-10-5-7-11(8-6-10)15-13(16)12-4-2-3-9-14-12;1-9-5-6-11(14-8-9)15-12(16)10-4-2-3-7-13-10;;;;/h3-5,7-9H,1H3,(H,15,16);3-7H,1H3,(H,14,15,16);;;;/q2*-2;2*+1;;. The molecule has 3 aromatic heterocycles. The third-order valence-electron chi connectivity index (χ3n) is 3.99. The Hall–Kier alpha value is 0.597. The maximum atomic E-state index is 11.7. The molecule has 0 aliphatic heterocycles. The zero-order chi connectivity index (χ0) is 22.8. The summed E-state index contributed by atoms with van der Waals surface area (Å²) in [7, 11) is 0. The van der Waals surface area contributed by atoms with E-state index in [1.54, 1.807) is 30.3 Å². The van der Waals surface area contributed by atoms with E-state index >= 15 is 0 Å². The molecule has 0 bridgehead atoms. The fourth-order valence-corrected chi connectivity index (χ4v) is 2.35. The smallest absolute Gasteiger partial charge is 0.385 e. The van der Waals surface area contributed by atoms with Crippen LogP contribution in [0.4, 0.5) is 11.5 Å². The molecule has 0 aliphatic rings. The molecule has 11 heteroatoms. The van der Waals surface area contributed by atoms with Crippen LogP contribution < -0.4 is 127 Å². The number of aryl methyl sites for hydroxylation is 2. The number of nitrogens with zero attached hydrogens (tertiary/aromatic N) is 3. The fraction of sp³-hybridized carbons (Fsp3) is 0.0800. The van der Waals surface area contributed by atoms with Crippen molar-refractivity contribution in [3.8, 4) is 0 Å². The van der Waals surface area contributed by atoms with Gasteiger partial charge in [0.2, 0.25) is 11.8 Å². The van der Waals surface area contributed by atoms with Crippen molar-refractivity contribution in [3.63, 3.8) is 0 Å². The Bertz CT molecular complexity index is 1070. The summed E-state index contributed by atoms with van der Waals surface area (Å²) in [6, 6.07) is 24.0. The van der Waals surface area contributed by atoms with E-state index in [2.05, 4.69) is 50.0 Å². The van der Waals surface area contributed by atoms with Crippen molar-refractivity contribution >= 4 is 23.3 Å². The van der Waals surface area contributed by atoms with E-state index in [4.69, 9.17) is 0 Å². The summed E-state index contributed by atoms with van der Waals surface area (Å²) in [5, 5.41) is 5.35. The van der Waals surface area contributed by atoms with Crippen molar-refractivity contribution in [1.82, 2.24) is 15.0 Å². The SMILES string of the molecule is Cc1[c-]cc(NC(=O)c2c[c-]ccn2)cc1.Cc1[c-]nc(NC(=O)c2c[c-]ccn2)cc1.[Rb+].[Rb+].[W].[W]. The van der Waals surface area contributed by atoms with E-state index in [1.165, 1.54) is 18.5 Å². The Morgan fingerprint density at radius 2 is 1.31 bits per heavy atom. The van der Waals surface area contributed by atoms with Gasteiger partial charge < -0.3 is 25.6 Å².